The summed E-state index contributed by atoms with van der Waals surface area (Å²) in [6, 6.07) is 0. The van der Waals surface area contributed by atoms with Gasteiger partial charge in [-0.1, -0.05) is 19.8 Å². The zero-order valence-corrected chi connectivity index (χ0v) is 10.5. The molecule has 0 aromatic rings. The molecule has 4 nitrogen and oxygen atoms in total. The van der Waals surface area contributed by atoms with Gasteiger partial charge in [-0.3, -0.25) is 0 Å². The van der Waals surface area contributed by atoms with Crippen molar-refractivity contribution < 1.29 is 19.7 Å². The number of hydrogen-bond donors (Lipinski definition) is 2. The number of rotatable bonds is 11. The summed E-state index contributed by atoms with van der Waals surface area (Å²) in [5.41, 5.74) is 0. The number of ether oxygens (including phenoxy) is 2. The van der Waals surface area contributed by atoms with E-state index in [0.29, 0.717) is 13.2 Å². The van der Waals surface area contributed by atoms with Crippen LogP contribution in [-0.2, 0) is 9.47 Å². The lowest BCUT2D eigenvalue weighted by Gasteiger charge is -2.17. The molecule has 0 aliphatic heterocycles. The van der Waals surface area contributed by atoms with Crippen molar-refractivity contribution in [3.63, 3.8) is 0 Å². The van der Waals surface area contributed by atoms with E-state index in [1.54, 1.807) is 6.92 Å². The van der Waals surface area contributed by atoms with Crippen LogP contribution in [0.4, 0.5) is 0 Å². The summed E-state index contributed by atoms with van der Waals surface area (Å²) >= 11 is 0. The first-order valence-corrected chi connectivity index (χ1v) is 6.22. The van der Waals surface area contributed by atoms with E-state index in [9.17, 15) is 0 Å². The van der Waals surface area contributed by atoms with Crippen molar-refractivity contribution in [1.29, 1.82) is 0 Å². The molecular weight excluding hydrogens is 208 g/mol. The third-order valence-electron chi connectivity index (χ3n) is 2.21. The molecule has 4 heteroatoms. The van der Waals surface area contributed by atoms with Gasteiger partial charge in [0.2, 0.25) is 0 Å². The van der Waals surface area contributed by atoms with Gasteiger partial charge < -0.3 is 19.7 Å². The lowest BCUT2D eigenvalue weighted by atomic mass is 10.2. The topological polar surface area (TPSA) is 58.9 Å². The summed E-state index contributed by atoms with van der Waals surface area (Å²) in [5.74, 6) is 0. The number of unbranched alkanes of at least 4 members (excludes halogenated alkanes) is 3. The molecule has 0 rings (SSSR count). The number of aliphatic hydroxyl groups excluding tert-OH is 2. The van der Waals surface area contributed by atoms with Crippen molar-refractivity contribution in [3.05, 3.63) is 0 Å². The molecule has 2 unspecified atom stereocenters. The largest absolute Gasteiger partial charge is 0.396 e. The van der Waals surface area contributed by atoms with E-state index in [-0.39, 0.29) is 12.9 Å². The normalized spacial score (nSPS) is 15.0. The Morgan fingerprint density at radius 3 is 2.31 bits per heavy atom. The summed E-state index contributed by atoms with van der Waals surface area (Å²) in [4.78, 5) is 0. The molecule has 0 bridgehead atoms. The van der Waals surface area contributed by atoms with Crippen molar-refractivity contribution >= 4 is 0 Å². The van der Waals surface area contributed by atoms with Crippen LogP contribution in [0.25, 0.3) is 0 Å². The fraction of sp³-hybridized carbons (Fsp3) is 1.00. The third kappa shape index (κ3) is 10.4. The fourth-order valence-electron chi connectivity index (χ4n) is 1.31. The van der Waals surface area contributed by atoms with Crippen LogP contribution in [0.1, 0.15) is 46.0 Å². The second kappa shape index (κ2) is 11.3. The molecule has 2 N–H and O–H groups in total. The molecule has 0 radical (unpaired) electrons. The lowest BCUT2D eigenvalue weighted by molar-refractivity contribution is -0.157. The Balaban J connectivity index is 3.33. The van der Waals surface area contributed by atoms with Gasteiger partial charge in [0.15, 0.2) is 6.29 Å². The van der Waals surface area contributed by atoms with Crippen LogP contribution in [0, 0.1) is 0 Å². The molecule has 16 heavy (non-hydrogen) atoms. The van der Waals surface area contributed by atoms with Gasteiger partial charge in [0, 0.05) is 13.2 Å². The summed E-state index contributed by atoms with van der Waals surface area (Å²) in [6.45, 7) is 4.97. The molecule has 0 aliphatic rings. The summed E-state index contributed by atoms with van der Waals surface area (Å²) < 4.78 is 10.9. The van der Waals surface area contributed by atoms with Gasteiger partial charge in [-0.15, -0.1) is 0 Å². The van der Waals surface area contributed by atoms with Crippen molar-refractivity contribution in [2.75, 3.05) is 19.8 Å². The molecule has 0 spiro atoms. The van der Waals surface area contributed by atoms with Crippen molar-refractivity contribution in [1.82, 2.24) is 0 Å². The van der Waals surface area contributed by atoms with E-state index < -0.39 is 6.10 Å². The van der Waals surface area contributed by atoms with Gasteiger partial charge >= 0.3 is 0 Å². The van der Waals surface area contributed by atoms with Crippen LogP contribution in [0.2, 0.25) is 0 Å². The molecule has 0 aromatic carbocycles. The highest BCUT2D eigenvalue weighted by molar-refractivity contribution is 4.47. The minimum absolute atomic E-state index is 0.201. The van der Waals surface area contributed by atoms with Crippen molar-refractivity contribution in [2.24, 2.45) is 0 Å². The Morgan fingerprint density at radius 2 is 1.75 bits per heavy atom. The predicted octanol–water partition coefficient (Wildman–Crippen LogP) is 1.69. The Kier molecular flexibility index (Phi) is 11.2. The van der Waals surface area contributed by atoms with Gasteiger partial charge in [0.25, 0.3) is 0 Å². The van der Waals surface area contributed by atoms with Gasteiger partial charge in [0.05, 0.1) is 12.7 Å². The molecule has 0 saturated heterocycles. The molecule has 0 saturated carbocycles. The summed E-state index contributed by atoms with van der Waals surface area (Å²) in [7, 11) is 0. The van der Waals surface area contributed by atoms with Gasteiger partial charge in [-0.05, 0) is 26.2 Å². The van der Waals surface area contributed by atoms with Crippen LogP contribution in [-0.4, -0.2) is 42.4 Å². The molecule has 0 aliphatic carbocycles. The fourth-order valence-corrected chi connectivity index (χ4v) is 1.31. The maximum Gasteiger partial charge on any atom is 0.157 e. The molecular formula is C12H26O4. The van der Waals surface area contributed by atoms with E-state index in [2.05, 4.69) is 0 Å². The zero-order valence-electron chi connectivity index (χ0n) is 10.5. The Labute approximate surface area is 98.6 Å². The number of aliphatic hydroxyl groups is 2. The molecule has 0 fully saturated rings. The second-order valence-corrected chi connectivity index (χ2v) is 4.03. The number of hydrogen-bond acceptors (Lipinski definition) is 4. The van der Waals surface area contributed by atoms with Gasteiger partial charge in [-0.25, -0.2) is 0 Å². The van der Waals surface area contributed by atoms with E-state index >= 15 is 0 Å². The van der Waals surface area contributed by atoms with E-state index in [1.807, 2.05) is 6.92 Å². The maximum absolute atomic E-state index is 9.06. The van der Waals surface area contributed by atoms with E-state index in [0.717, 1.165) is 32.1 Å². The van der Waals surface area contributed by atoms with Crippen LogP contribution >= 0.6 is 0 Å². The lowest BCUT2D eigenvalue weighted by Crippen LogP contribution is -2.22. The summed E-state index contributed by atoms with van der Waals surface area (Å²) in [6.07, 6.45) is 4.14. The quantitative estimate of drug-likeness (QED) is 0.422. The highest BCUT2D eigenvalue weighted by atomic mass is 16.7. The Morgan fingerprint density at radius 1 is 1.06 bits per heavy atom. The van der Waals surface area contributed by atoms with Crippen molar-refractivity contribution in [2.45, 2.75) is 58.3 Å². The van der Waals surface area contributed by atoms with Crippen LogP contribution < -0.4 is 0 Å². The highest BCUT2D eigenvalue weighted by Crippen LogP contribution is 2.05. The predicted molar refractivity (Wildman–Crippen MR) is 63.2 cm³/mol. The Hall–Kier alpha value is -0.160. The van der Waals surface area contributed by atoms with Gasteiger partial charge in [-0.2, -0.15) is 0 Å². The standard InChI is InChI=1S/C12H26O4/c1-3-12(16-10-11(2)14)15-9-7-5-4-6-8-13/h11-14H,3-10H2,1-2H3. The van der Waals surface area contributed by atoms with Crippen LogP contribution in [0.3, 0.4) is 0 Å². The first-order valence-electron chi connectivity index (χ1n) is 6.22. The van der Waals surface area contributed by atoms with E-state index in [1.165, 1.54) is 0 Å². The van der Waals surface area contributed by atoms with E-state index in [4.69, 9.17) is 19.7 Å². The molecule has 0 aromatic heterocycles. The van der Waals surface area contributed by atoms with Crippen LogP contribution in [0.15, 0.2) is 0 Å². The maximum atomic E-state index is 9.06. The van der Waals surface area contributed by atoms with Crippen molar-refractivity contribution in [3.8, 4) is 0 Å². The van der Waals surface area contributed by atoms with Gasteiger partial charge in [0.1, 0.15) is 0 Å². The SMILES string of the molecule is CCC(OCCCCCCO)OCC(C)O. The average Bonchev–Trinajstić information content (AvgIpc) is 2.27. The Bertz CT molecular complexity index is 139. The molecule has 2 atom stereocenters. The smallest absolute Gasteiger partial charge is 0.157 e. The van der Waals surface area contributed by atoms with Crippen LogP contribution in [0.5, 0.6) is 0 Å². The molecule has 0 amide bonds. The minimum Gasteiger partial charge on any atom is -0.396 e. The minimum atomic E-state index is -0.442. The first-order chi connectivity index (χ1) is 7.70. The highest BCUT2D eigenvalue weighted by Gasteiger charge is 2.07. The molecule has 0 heterocycles. The average molecular weight is 234 g/mol. The third-order valence-corrected chi connectivity index (χ3v) is 2.21. The molecule has 98 valence electrons. The first kappa shape index (κ1) is 15.8. The summed E-state index contributed by atoms with van der Waals surface area (Å²) in [5, 5.41) is 17.7. The zero-order chi connectivity index (χ0) is 12.2. The monoisotopic (exact) mass is 234 g/mol. The second-order valence-electron chi connectivity index (χ2n) is 4.03.